The van der Waals surface area contributed by atoms with Crippen LogP contribution >= 0.6 is 12.2 Å². The first-order chi connectivity index (χ1) is 9.40. The van der Waals surface area contributed by atoms with Gasteiger partial charge in [0.25, 0.3) is 10.0 Å². The minimum absolute atomic E-state index is 0.0580. The Balaban J connectivity index is 2.44. The van der Waals surface area contributed by atoms with Crippen molar-refractivity contribution in [2.45, 2.75) is 11.8 Å². The Hall–Kier alpha value is -2.06. The predicted molar refractivity (Wildman–Crippen MR) is 79.9 cm³/mol. The number of nitrogens with two attached hydrogens (primary N) is 1. The molecule has 6 nitrogen and oxygen atoms in total. The average molecular weight is 308 g/mol. The SMILES string of the molecule is Cc1cccc(NS(=O)(=O)c2cccnc2C(N)=S)n1. The van der Waals surface area contributed by atoms with Crippen molar-refractivity contribution in [2.24, 2.45) is 5.73 Å². The monoisotopic (exact) mass is 308 g/mol. The fourth-order valence-corrected chi connectivity index (χ4v) is 2.99. The van der Waals surface area contributed by atoms with Gasteiger partial charge in [-0.15, -0.1) is 0 Å². The first-order valence-corrected chi connectivity index (χ1v) is 7.50. The third-order valence-corrected chi connectivity index (χ3v) is 4.00. The van der Waals surface area contributed by atoms with E-state index in [4.69, 9.17) is 18.0 Å². The molecule has 0 aromatic carbocycles. The number of anilines is 1. The van der Waals surface area contributed by atoms with E-state index in [0.29, 0.717) is 5.69 Å². The van der Waals surface area contributed by atoms with Gasteiger partial charge in [-0.1, -0.05) is 18.3 Å². The molecule has 2 rings (SSSR count). The second-order valence-electron chi connectivity index (χ2n) is 3.98. The van der Waals surface area contributed by atoms with E-state index >= 15 is 0 Å². The zero-order chi connectivity index (χ0) is 14.8. The Morgan fingerprint density at radius 3 is 2.70 bits per heavy atom. The smallest absolute Gasteiger partial charge is 0.265 e. The van der Waals surface area contributed by atoms with Crippen molar-refractivity contribution >= 4 is 33.0 Å². The van der Waals surface area contributed by atoms with Gasteiger partial charge >= 0.3 is 0 Å². The van der Waals surface area contributed by atoms with Crippen LogP contribution in [0.5, 0.6) is 0 Å². The molecule has 3 N–H and O–H groups in total. The van der Waals surface area contributed by atoms with Crippen LogP contribution < -0.4 is 10.5 Å². The summed E-state index contributed by atoms with van der Waals surface area (Å²) in [6, 6.07) is 7.92. The summed E-state index contributed by atoms with van der Waals surface area (Å²) in [7, 11) is -3.85. The third-order valence-electron chi connectivity index (χ3n) is 2.42. The molecule has 0 amide bonds. The lowest BCUT2D eigenvalue weighted by atomic mass is 10.3. The highest BCUT2D eigenvalue weighted by Gasteiger charge is 2.21. The molecular weight excluding hydrogens is 296 g/mol. The number of rotatable bonds is 4. The normalized spacial score (nSPS) is 11.1. The van der Waals surface area contributed by atoms with E-state index in [0.717, 1.165) is 0 Å². The number of nitrogens with one attached hydrogen (secondary N) is 1. The van der Waals surface area contributed by atoms with Gasteiger partial charge in [0.2, 0.25) is 0 Å². The van der Waals surface area contributed by atoms with Gasteiger partial charge in [-0.2, -0.15) is 0 Å². The van der Waals surface area contributed by atoms with Crippen LogP contribution in [-0.2, 0) is 10.0 Å². The Bertz CT molecular complexity index is 760. The lowest BCUT2D eigenvalue weighted by molar-refractivity contribution is 0.600. The van der Waals surface area contributed by atoms with E-state index in [1.54, 1.807) is 25.1 Å². The summed E-state index contributed by atoms with van der Waals surface area (Å²) < 4.78 is 27.0. The van der Waals surface area contributed by atoms with Crippen LogP contribution in [0, 0.1) is 6.92 Å². The number of hydrogen-bond donors (Lipinski definition) is 2. The number of pyridine rings is 2. The first kappa shape index (κ1) is 14.4. The van der Waals surface area contributed by atoms with Gasteiger partial charge in [0.1, 0.15) is 21.4 Å². The van der Waals surface area contributed by atoms with E-state index in [1.807, 2.05) is 0 Å². The van der Waals surface area contributed by atoms with E-state index in [1.165, 1.54) is 18.3 Å². The maximum atomic E-state index is 12.3. The number of aryl methyl sites for hydroxylation is 1. The molecule has 0 radical (unpaired) electrons. The van der Waals surface area contributed by atoms with Gasteiger partial charge in [-0.3, -0.25) is 9.71 Å². The van der Waals surface area contributed by atoms with Gasteiger partial charge < -0.3 is 5.73 Å². The molecule has 8 heteroatoms. The van der Waals surface area contributed by atoms with Crippen molar-refractivity contribution in [1.29, 1.82) is 0 Å². The van der Waals surface area contributed by atoms with Crippen LogP contribution in [0.25, 0.3) is 0 Å². The third kappa shape index (κ3) is 3.09. The molecule has 104 valence electrons. The van der Waals surface area contributed by atoms with Crippen LogP contribution in [0.15, 0.2) is 41.4 Å². The molecule has 0 bridgehead atoms. The van der Waals surface area contributed by atoms with Crippen molar-refractivity contribution in [3.63, 3.8) is 0 Å². The second kappa shape index (κ2) is 5.51. The molecule has 2 heterocycles. The Kier molecular flexibility index (Phi) is 3.96. The fraction of sp³-hybridized carbons (Fsp3) is 0.0833. The Morgan fingerprint density at radius 2 is 2.05 bits per heavy atom. The predicted octanol–water partition coefficient (Wildman–Crippen LogP) is 1.22. The molecule has 0 saturated carbocycles. The highest BCUT2D eigenvalue weighted by Crippen LogP contribution is 2.17. The number of hydrogen-bond acceptors (Lipinski definition) is 5. The van der Waals surface area contributed by atoms with Crippen LogP contribution in [0.1, 0.15) is 11.4 Å². The van der Waals surface area contributed by atoms with E-state index < -0.39 is 10.0 Å². The molecular formula is C12H12N4O2S2. The maximum Gasteiger partial charge on any atom is 0.265 e. The molecule has 2 aromatic heterocycles. The van der Waals surface area contributed by atoms with E-state index in [2.05, 4.69) is 14.7 Å². The molecule has 0 saturated heterocycles. The van der Waals surface area contributed by atoms with Gasteiger partial charge in [-0.05, 0) is 31.2 Å². The second-order valence-corrected chi connectivity index (χ2v) is 6.07. The number of aromatic nitrogens is 2. The summed E-state index contributed by atoms with van der Waals surface area (Å²) >= 11 is 4.81. The molecule has 0 atom stereocenters. The summed E-state index contributed by atoms with van der Waals surface area (Å²) in [4.78, 5) is 7.83. The quantitative estimate of drug-likeness (QED) is 0.824. The van der Waals surface area contributed by atoms with Crippen molar-refractivity contribution < 1.29 is 8.42 Å². The average Bonchev–Trinajstić information content (AvgIpc) is 2.38. The molecule has 20 heavy (non-hydrogen) atoms. The van der Waals surface area contributed by atoms with Gasteiger partial charge in [-0.25, -0.2) is 13.4 Å². The van der Waals surface area contributed by atoms with Gasteiger partial charge in [0.05, 0.1) is 0 Å². The van der Waals surface area contributed by atoms with E-state index in [-0.39, 0.29) is 21.4 Å². The number of thiocarbonyl (C=S) groups is 1. The lowest BCUT2D eigenvalue weighted by Crippen LogP contribution is -2.21. The fourth-order valence-electron chi connectivity index (χ4n) is 1.58. The van der Waals surface area contributed by atoms with Crippen LogP contribution in [-0.4, -0.2) is 23.4 Å². The maximum absolute atomic E-state index is 12.3. The summed E-state index contributed by atoms with van der Waals surface area (Å²) in [5, 5.41) is 0. The minimum Gasteiger partial charge on any atom is -0.388 e. The first-order valence-electron chi connectivity index (χ1n) is 5.61. The zero-order valence-electron chi connectivity index (χ0n) is 10.6. The largest absolute Gasteiger partial charge is 0.388 e. The van der Waals surface area contributed by atoms with Crippen LogP contribution in [0.4, 0.5) is 5.82 Å². The Labute approximate surface area is 122 Å². The molecule has 0 aliphatic heterocycles. The standard InChI is InChI=1S/C12H12N4O2S2/c1-8-4-2-6-10(15-8)16-20(17,18)9-5-3-7-14-11(9)12(13)19/h2-7H,1H3,(H2,13,19)(H,15,16). The topological polar surface area (TPSA) is 98.0 Å². The van der Waals surface area contributed by atoms with Crippen molar-refractivity contribution in [3.8, 4) is 0 Å². The number of nitrogens with zero attached hydrogens (tertiary/aromatic N) is 2. The molecule has 0 unspecified atom stereocenters. The van der Waals surface area contributed by atoms with Crippen molar-refractivity contribution in [3.05, 3.63) is 47.9 Å². The highest BCUT2D eigenvalue weighted by atomic mass is 32.2. The van der Waals surface area contributed by atoms with Crippen LogP contribution in [0.2, 0.25) is 0 Å². The van der Waals surface area contributed by atoms with Gasteiger partial charge in [0.15, 0.2) is 0 Å². The summed E-state index contributed by atoms with van der Waals surface area (Å²) in [6.07, 6.45) is 1.43. The lowest BCUT2D eigenvalue weighted by Gasteiger charge is -2.10. The number of sulfonamides is 1. The highest BCUT2D eigenvalue weighted by molar-refractivity contribution is 7.93. The summed E-state index contributed by atoms with van der Waals surface area (Å²) in [5.74, 6) is 0.225. The molecule has 0 aliphatic rings. The van der Waals surface area contributed by atoms with Crippen molar-refractivity contribution in [2.75, 3.05) is 4.72 Å². The molecule has 0 aliphatic carbocycles. The Morgan fingerprint density at radius 1 is 1.30 bits per heavy atom. The zero-order valence-corrected chi connectivity index (χ0v) is 12.2. The molecule has 0 spiro atoms. The van der Waals surface area contributed by atoms with Crippen molar-refractivity contribution in [1.82, 2.24) is 9.97 Å². The minimum atomic E-state index is -3.85. The molecule has 2 aromatic rings. The van der Waals surface area contributed by atoms with Crippen LogP contribution in [0.3, 0.4) is 0 Å². The van der Waals surface area contributed by atoms with E-state index in [9.17, 15) is 8.42 Å². The summed E-state index contributed by atoms with van der Waals surface area (Å²) in [6.45, 7) is 1.77. The van der Waals surface area contributed by atoms with Gasteiger partial charge in [0, 0.05) is 11.9 Å². The molecule has 0 fully saturated rings. The summed E-state index contributed by atoms with van der Waals surface area (Å²) in [5.41, 5.74) is 6.25.